The van der Waals surface area contributed by atoms with Gasteiger partial charge < -0.3 is 15.7 Å². The highest BCUT2D eigenvalue weighted by Gasteiger charge is 2.39. The van der Waals surface area contributed by atoms with Crippen LogP contribution in [0.15, 0.2) is 0 Å². The van der Waals surface area contributed by atoms with E-state index in [1.54, 1.807) is 6.92 Å². The van der Waals surface area contributed by atoms with Gasteiger partial charge in [0.05, 0.1) is 17.8 Å². The van der Waals surface area contributed by atoms with Gasteiger partial charge in [0.25, 0.3) is 0 Å². The van der Waals surface area contributed by atoms with Gasteiger partial charge in [0, 0.05) is 0 Å². The van der Waals surface area contributed by atoms with Crippen molar-refractivity contribution in [1.29, 1.82) is 0 Å². The molecule has 1 aliphatic heterocycles. The minimum absolute atomic E-state index is 0.00780. The minimum atomic E-state index is -0.970. The van der Waals surface area contributed by atoms with Gasteiger partial charge in [-0.15, -0.1) is 11.3 Å². The predicted octanol–water partition coefficient (Wildman–Crippen LogP) is 1.69. The van der Waals surface area contributed by atoms with E-state index in [1.807, 2.05) is 0 Å². The van der Waals surface area contributed by atoms with Gasteiger partial charge in [-0.3, -0.25) is 4.79 Å². The standard InChI is InChI=1S/C14H21N3O3S/c1-3-5-14(6-4-7-16-14)13(20)15-8-10-17-9(2)11(21-10)12(18)19/h16H,3-8H2,1-2H3,(H,15,20)(H,18,19). The van der Waals surface area contributed by atoms with E-state index in [2.05, 4.69) is 22.5 Å². The molecule has 2 heterocycles. The molecule has 3 N–H and O–H groups in total. The van der Waals surface area contributed by atoms with Crippen molar-refractivity contribution >= 4 is 23.2 Å². The molecule has 1 fully saturated rings. The fraction of sp³-hybridized carbons (Fsp3) is 0.643. The minimum Gasteiger partial charge on any atom is -0.477 e. The Hall–Kier alpha value is -1.47. The SMILES string of the molecule is CCCC1(C(=O)NCc2nc(C)c(C(=O)O)s2)CCCN1. The van der Waals surface area contributed by atoms with Crippen LogP contribution in [0.25, 0.3) is 0 Å². The third-order valence-electron chi connectivity index (χ3n) is 3.79. The van der Waals surface area contributed by atoms with Gasteiger partial charge in [-0.1, -0.05) is 13.3 Å². The highest BCUT2D eigenvalue weighted by molar-refractivity contribution is 7.13. The van der Waals surface area contributed by atoms with Crippen molar-refractivity contribution in [2.45, 2.75) is 51.6 Å². The Balaban J connectivity index is 2.00. The fourth-order valence-electron chi connectivity index (χ4n) is 2.81. The molecule has 0 aromatic carbocycles. The maximum atomic E-state index is 12.4. The highest BCUT2D eigenvalue weighted by Crippen LogP contribution is 2.25. The molecule has 0 aliphatic carbocycles. The number of hydrogen-bond donors (Lipinski definition) is 3. The molecule has 1 aliphatic rings. The Morgan fingerprint density at radius 1 is 1.52 bits per heavy atom. The summed E-state index contributed by atoms with van der Waals surface area (Å²) in [7, 11) is 0. The number of hydrogen-bond acceptors (Lipinski definition) is 5. The van der Waals surface area contributed by atoms with Crippen molar-refractivity contribution in [2.24, 2.45) is 0 Å². The number of carboxylic acid groups (broad SMARTS) is 1. The second-order valence-electron chi connectivity index (χ2n) is 5.37. The average Bonchev–Trinajstić information content (AvgIpc) is 3.04. The van der Waals surface area contributed by atoms with E-state index in [0.29, 0.717) is 10.7 Å². The highest BCUT2D eigenvalue weighted by atomic mass is 32.1. The van der Waals surface area contributed by atoms with Crippen molar-refractivity contribution in [1.82, 2.24) is 15.6 Å². The zero-order valence-corrected chi connectivity index (χ0v) is 13.2. The molecular weight excluding hydrogens is 290 g/mol. The number of amides is 1. The Morgan fingerprint density at radius 3 is 2.81 bits per heavy atom. The molecule has 116 valence electrons. The van der Waals surface area contributed by atoms with Crippen LogP contribution in [0.4, 0.5) is 0 Å². The van der Waals surface area contributed by atoms with Gasteiger partial charge in [-0.25, -0.2) is 9.78 Å². The molecule has 1 atom stereocenters. The third kappa shape index (κ3) is 3.41. The molecule has 1 aromatic heterocycles. The first kappa shape index (κ1) is 15.9. The average molecular weight is 311 g/mol. The quantitative estimate of drug-likeness (QED) is 0.743. The predicted molar refractivity (Wildman–Crippen MR) is 80.5 cm³/mol. The molecule has 1 amide bonds. The van der Waals surface area contributed by atoms with Gasteiger partial charge >= 0.3 is 5.97 Å². The molecule has 0 saturated carbocycles. The van der Waals surface area contributed by atoms with Crippen LogP contribution >= 0.6 is 11.3 Å². The van der Waals surface area contributed by atoms with Crippen molar-refractivity contribution in [2.75, 3.05) is 6.54 Å². The number of carbonyl (C=O) groups excluding carboxylic acids is 1. The Bertz CT molecular complexity index is 536. The van der Waals surface area contributed by atoms with E-state index in [9.17, 15) is 9.59 Å². The summed E-state index contributed by atoms with van der Waals surface area (Å²) in [5.41, 5.74) is 0.0375. The van der Waals surface area contributed by atoms with E-state index in [1.165, 1.54) is 0 Å². The van der Waals surface area contributed by atoms with Gasteiger partial charge in [0.1, 0.15) is 9.88 Å². The molecule has 1 saturated heterocycles. The number of nitrogens with zero attached hydrogens (tertiary/aromatic N) is 1. The molecule has 0 spiro atoms. The summed E-state index contributed by atoms with van der Waals surface area (Å²) in [6.45, 7) is 4.89. The zero-order chi connectivity index (χ0) is 15.5. The fourth-order valence-corrected chi connectivity index (χ4v) is 3.65. The van der Waals surface area contributed by atoms with Crippen LogP contribution in [0, 0.1) is 6.92 Å². The molecule has 0 bridgehead atoms. The molecular formula is C14H21N3O3S. The summed E-state index contributed by atoms with van der Waals surface area (Å²) in [5, 5.41) is 15.9. The molecule has 7 heteroatoms. The normalized spacial score (nSPS) is 21.4. The lowest BCUT2D eigenvalue weighted by Crippen LogP contribution is -2.53. The van der Waals surface area contributed by atoms with Gasteiger partial charge in [0.2, 0.25) is 5.91 Å². The van der Waals surface area contributed by atoms with E-state index in [0.717, 1.165) is 43.6 Å². The number of thiazole rings is 1. The van der Waals surface area contributed by atoms with Crippen molar-refractivity contribution in [3.63, 3.8) is 0 Å². The van der Waals surface area contributed by atoms with Crippen LogP contribution in [0.2, 0.25) is 0 Å². The van der Waals surface area contributed by atoms with E-state index < -0.39 is 11.5 Å². The number of carboxylic acids is 1. The maximum absolute atomic E-state index is 12.4. The van der Waals surface area contributed by atoms with Gasteiger partial charge in [-0.2, -0.15) is 0 Å². The first-order chi connectivity index (χ1) is 9.98. The van der Waals surface area contributed by atoms with Crippen LogP contribution in [0.5, 0.6) is 0 Å². The molecule has 1 aromatic rings. The molecule has 6 nitrogen and oxygen atoms in total. The lowest BCUT2D eigenvalue weighted by molar-refractivity contribution is -0.127. The first-order valence-corrected chi connectivity index (χ1v) is 8.03. The van der Waals surface area contributed by atoms with Crippen LogP contribution in [0.3, 0.4) is 0 Å². The summed E-state index contributed by atoms with van der Waals surface area (Å²) in [6.07, 6.45) is 3.62. The zero-order valence-electron chi connectivity index (χ0n) is 12.4. The smallest absolute Gasteiger partial charge is 0.347 e. The lowest BCUT2D eigenvalue weighted by Gasteiger charge is -2.27. The summed E-state index contributed by atoms with van der Waals surface area (Å²) in [4.78, 5) is 27.9. The Morgan fingerprint density at radius 2 is 2.29 bits per heavy atom. The summed E-state index contributed by atoms with van der Waals surface area (Å²) >= 11 is 1.12. The molecule has 21 heavy (non-hydrogen) atoms. The number of rotatable bonds is 6. The number of nitrogens with one attached hydrogen (secondary N) is 2. The second kappa shape index (κ2) is 6.53. The topological polar surface area (TPSA) is 91.3 Å². The monoisotopic (exact) mass is 311 g/mol. The van der Waals surface area contributed by atoms with E-state index >= 15 is 0 Å². The maximum Gasteiger partial charge on any atom is 0.347 e. The van der Waals surface area contributed by atoms with E-state index in [-0.39, 0.29) is 17.3 Å². The van der Waals surface area contributed by atoms with Crippen molar-refractivity contribution < 1.29 is 14.7 Å². The lowest BCUT2D eigenvalue weighted by atomic mass is 9.91. The molecule has 2 rings (SSSR count). The third-order valence-corrected chi connectivity index (χ3v) is 4.94. The number of aryl methyl sites for hydroxylation is 1. The van der Waals surface area contributed by atoms with Crippen molar-refractivity contribution in [3.8, 4) is 0 Å². The van der Waals surface area contributed by atoms with Gasteiger partial charge in [-0.05, 0) is 32.7 Å². The van der Waals surface area contributed by atoms with Gasteiger partial charge in [0.15, 0.2) is 0 Å². The van der Waals surface area contributed by atoms with Crippen LogP contribution < -0.4 is 10.6 Å². The number of aromatic carboxylic acids is 1. The van der Waals surface area contributed by atoms with Crippen LogP contribution in [-0.2, 0) is 11.3 Å². The number of carbonyl (C=O) groups is 2. The first-order valence-electron chi connectivity index (χ1n) is 7.21. The van der Waals surface area contributed by atoms with Crippen molar-refractivity contribution in [3.05, 3.63) is 15.6 Å². The molecule has 1 unspecified atom stereocenters. The second-order valence-corrected chi connectivity index (χ2v) is 6.46. The Labute approximate surface area is 128 Å². The summed E-state index contributed by atoms with van der Waals surface area (Å²) in [6, 6.07) is 0. The Kier molecular flexibility index (Phi) is 4.95. The number of aromatic nitrogens is 1. The van der Waals surface area contributed by atoms with Crippen LogP contribution in [-0.4, -0.2) is 34.1 Å². The van der Waals surface area contributed by atoms with Crippen LogP contribution in [0.1, 0.15) is 53.0 Å². The summed E-state index contributed by atoms with van der Waals surface area (Å²) < 4.78 is 0. The molecule has 0 radical (unpaired) electrons. The largest absolute Gasteiger partial charge is 0.477 e. The summed E-state index contributed by atoms with van der Waals surface area (Å²) in [5.74, 6) is -0.978. The van der Waals surface area contributed by atoms with E-state index in [4.69, 9.17) is 5.11 Å².